The molecule has 15 heavy (non-hydrogen) atoms. The van der Waals surface area contributed by atoms with Crippen molar-refractivity contribution in [1.82, 2.24) is 0 Å². The summed E-state index contributed by atoms with van der Waals surface area (Å²) in [4.78, 5) is 0. The first-order chi connectivity index (χ1) is 6.93. The topological polar surface area (TPSA) is 44.8 Å². The second-order valence-corrected chi connectivity index (χ2v) is 5.26. The van der Waals surface area contributed by atoms with E-state index in [0.717, 1.165) is 6.26 Å². The first kappa shape index (κ1) is 15.3. The third kappa shape index (κ3) is 7.23. The number of phosphoric acid groups is 1. The first-order valence-electron chi connectivity index (χ1n) is 3.80. The van der Waals surface area contributed by atoms with E-state index in [9.17, 15) is 4.57 Å². The molecule has 1 unspecified atom stereocenters. The van der Waals surface area contributed by atoms with E-state index in [2.05, 4.69) is 4.52 Å². The van der Waals surface area contributed by atoms with E-state index in [-0.39, 0.29) is 16.1 Å². The Hall–Kier alpha value is 0.300. The van der Waals surface area contributed by atoms with Crippen molar-refractivity contribution in [2.45, 2.75) is 6.92 Å². The predicted octanol–water partition coefficient (Wildman–Crippen LogP) is 4.19. The van der Waals surface area contributed by atoms with Crippen molar-refractivity contribution in [2.24, 2.45) is 0 Å². The third-order valence-electron chi connectivity index (χ3n) is 1.05. The average Bonchev–Trinajstić information content (AvgIpc) is 2.14. The van der Waals surface area contributed by atoms with E-state index < -0.39 is 7.82 Å². The van der Waals surface area contributed by atoms with Crippen LogP contribution >= 0.6 is 42.6 Å². The lowest BCUT2D eigenvalue weighted by Crippen LogP contribution is -1.93. The summed E-state index contributed by atoms with van der Waals surface area (Å²) in [5, 5.41) is 0.0620. The molecule has 0 aromatic carbocycles. The van der Waals surface area contributed by atoms with Gasteiger partial charge in [0.05, 0.1) is 11.6 Å². The second-order valence-electron chi connectivity index (χ2n) is 2.09. The van der Waals surface area contributed by atoms with Gasteiger partial charge in [-0.05, 0) is 13.0 Å². The molecular weight excluding hydrogens is 285 g/mol. The van der Waals surface area contributed by atoms with E-state index in [1.165, 1.54) is 13.2 Å². The summed E-state index contributed by atoms with van der Waals surface area (Å²) < 4.78 is 25.5. The van der Waals surface area contributed by atoms with Crippen molar-refractivity contribution in [3.8, 4) is 0 Å². The molecule has 0 radical (unpaired) electrons. The van der Waals surface area contributed by atoms with E-state index in [1.807, 2.05) is 0 Å². The molecule has 0 N–H and O–H groups in total. The Labute approximate surface area is 103 Å². The van der Waals surface area contributed by atoms with Crippen molar-refractivity contribution < 1.29 is 18.1 Å². The molecule has 0 amide bonds. The van der Waals surface area contributed by atoms with Crippen molar-refractivity contribution in [3.63, 3.8) is 0 Å². The van der Waals surface area contributed by atoms with Crippen LogP contribution in [0.25, 0.3) is 0 Å². The van der Waals surface area contributed by atoms with Gasteiger partial charge in [-0.25, -0.2) is 4.57 Å². The third-order valence-corrected chi connectivity index (χ3v) is 2.85. The van der Waals surface area contributed by atoms with Gasteiger partial charge in [-0.2, -0.15) is 0 Å². The molecule has 0 spiro atoms. The largest absolute Gasteiger partial charge is 0.529 e. The predicted molar refractivity (Wildman–Crippen MR) is 61.1 cm³/mol. The van der Waals surface area contributed by atoms with Gasteiger partial charge in [0, 0.05) is 7.11 Å². The second kappa shape index (κ2) is 7.55. The fraction of sp³-hybridized carbons (Fsp3) is 0.429. The summed E-state index contributed by atoms with van der Waals surface area (Å²) in [7, 11) is -2.38. The Kier molecular flexibility index (Phi) is 7.70. The SMILES string of the molecule is CCOP(=O)(OC)OC=C(Cl)C=C(Cl)Cl. The van der Waals surface area contributed by atoms with Gasteiger partial charge in [0.15, 0.2) is 0 Å². The number of hydrogen-bond donors (Lipinski definition) is 0. The van der Waals surface area contributed by atoms with E-state index in [0.29, 0.717) is 0 Å². The zero-order valence-electron chi connectivity index (χ0n) is 8.08. The summed E-state index contributed by atoms with van der Waals surface area (Å²) in [5.74, 6) is 0. The first-order valence-corrected chi connectivity index (χ1v) is 6.40. The maximum Gasteiger partial charge on any atom is 0.529 e. The number of phosphoric ester groups is 1. The van der Waals surface area contributed by atoms with E-state index >= 15 is 0 Å². The van der Waals surface area contributed by atoms with Gasteiger partial charge in [-0.15, -0.1) is 0 Å². The van der Waals surface area contributed by atoms with Crippen LogP contribution in [0.2, 0.25) is 0 Å². The summed E-state index contributed by atoms with van der Waals surface area (Å²) >= 11 is 16.3. The van der Waals surface area contributed by atoms with Crippen LogP contribution in [0.4, 0.5) is 0 Å². The maximum atomic E-state index is 11.5. The zero-order chi connectivity index (χ0) is 11.9. The van der Waals surface area contributed by atoms with Crippen LogP contribution < -0.4 is 0 Å². The number of rotatable bonds is 6. The molecule has 0 rings (SSSR count). The highest BCUT2D eigenvalue weighted by atomic mass is 35.5. The van der Waals surface area contributed by atoms with Crippen LogP contribution in [0.3, 0.4) is 0 Å². The van der Waals surface area contributed by atoms with Crippen LogP contribution in [0.1, 0.15) is 6.92 Å². The van der Waals surface area contributed by atoms with Gasteiger partial charge in [0.2, 0.25) is 0 Å². The summed E-state index contributed by atoms with van der Waals surface area (Å²) in [6, 6.07) is 0. The molecule has 0 saturated carbocycles. The molecule has 0 aliphatic rings. The minimum absolute atomic E-state index is 0.0523. The fourth-order valence-corrected chi connectivity index (χ4v) is 1.91. The lowest BCUT2D eigenvalue weighted by Gasteiger charge is -2.12. The Balaban J connectivity index is 4.46. The molecule has 8 heteroatoms. The molecule has 0 aromatic rings. The molecular formula is C7H10Cl3O4P. The lowest BCUT2D eigenvalue weighted by atomic mass is 10.6. The molecule has 0 fully saturated rings. The van der Waals surface area contributed by atoms with Gasteiger partial charge in [-0.3, -0.25) is 9.05 Å². The Morgan fingerprint density at radius 3 is 2.40 bits per heavy atom. The minimum atomic E-state index is -3.57. The lowest BCUT2D eigenvalue weighted by molar-refractivity contribution is 0.172. The molecule has 0 bridgehead atoms. The van der Waals surface area contributed by atoms with Crippen LogP contribution in [0.15, 0.2) is 21.9 Å². The fourth-order valence-electron chi connectivity index (χ4n) is 0.537. The monoisotopic (exact) mass is 294 g/mol. The van der Waals surface area contributed by atoms with Gasteiger partial charge in [0.25, 0.3) is 0 Å². The number of hydrogen-bond acceptors (Lipinski definition) is 4. The van der Waals surface area contributed by atoms with E-state index in [4.69, 9.17) is 43.9 Å². The van der Waals surface area contributed by atoms with Crippen LogP contribution in [-0.2, 0) is 18.1 Å². The molecule has 4 nitrogen and oxygen atoms in total. The van der Waals surface area contributed by atoms with Crippen molar-refractivity contribution >= 4 is 42.6 Å². The standard InChI is InChI=1S/C7H10Cl3O4P/c1-3-13-15(11,12-2)14-5-6(8)4-7(9)10/h4-5H,3H2,1-2H3. The van der Waals surface area contributed by atoms with Crippen LogP contribution in [0, 0.1) is 0 Å². The van der Waals surface area contributed by atoms with Crippen molar-refractivity contribution in [1.29, 1.82) is 0 Å². The normalized spacial score (nSPS) is 15.7. The molecule has 0 heterocycles. The van der Waals surface area contributed by atoms with Gasteiger partial charge < -0.3 is 4.52 Å². The number of allylic oxidation sites excluding steroid dienone is 2. The maximum absolute atomic E-state index is 11.5. The summed E-state index contributed by atoms with van der Waals surface area (Å²) in [6.07, 6.45) is 2.18. The van der Waals surface area contributed by atoms with Crippen molar-refractivity contribution in [3.05, 3.63) is 21.9 Å². The Bertz CT molecular complexity index is 299. The molecule has 0 aliphatic carbocycles. The molecule has 0 saturated heterocycles. The molecule has 88 valence electrons. The van der Waals surface area contributed by atoms with Crippen LogP contribution in [-0.4, -0.2) is 13.7 Å². The van der Waals surface area contributed by atoms with Crippen LogP contribution in [0.5, 0.6) is 0 Å². The van der Waals surface area contributed by atoms with Crippen molar-refractivity contribution in [2.75, 3.05) is 13.7 Å². The van der Waals surface area contributed by atoms with Gasteiger partial charge >= 0.3 is 7.82 Å². The van der Waals surface area contributed by atoms with Gasteiger partial charge in [0.1, 0.15) is 10.8 Å². The summed E-state index contributed by atoms with van der Waals surface area (Å²) in [5.41, 5.74) is 0. The molecule has 1 atom stereocenters. The summed E-state index contributed by atoms with van der Waals surface area (Å²) in [6.45, 7) is 1.83. The Morgan fingerprint density at radius 1 is 1.40 bits per heavy atom. The molecule has 0 aliphatic heterocycles. The highest BCUT2D eigenvalue weighted by Crippen LogP contribution is 2.49. The van der Waals surface area contributed by atoms with Gasteiger partial charge in [-0.1, -0.05) is 34.8 Å². The number of halogens is 3. The highest BCUT2D eigenvalue weighted by Gasteiger charge is 2.23. The van der Waals surface area contributed by atoms with E-state index in [1.54, 1.807) is 6.92 Å². The zero-order valence-corrected chi connectivity index (χ0v) is 11.2. The highest BCUT2D eigenvalue weighted by molar-refractivity contribution is 7.48. The smallest absolute Gasteiger partial charge is 0.410 e. The quantitative estimate of drug-likeness (QED) is 0.418. The molecule has 0 aromatic heterocycles. The minimum Gasteiger partial charge on any atom is -0.410 e. The average molecular weight is 295 g/mol. The Morgan fingerprint density at radius 2 is 2.00 bits per heavy atom.